The van der Waals surface area contributed by atoms with E-state index in [0.717, 1.165) is 25.9 Å². The first kappa shape index (κ1) is 13.0. The Kier molecular flexibility index (Phi) is 4.28. The molecule has 1 fully saturated rings. The summed E-state index contributed by atoms with van der Waals surface area (Å²) in [7, 11) is 0. The van der Waals surface area contributed by atoms with E-state index in [4.69, 9.17) is 5.73 Å². The molecule has 1 aromatic carbocycles. The number of nitrogens with zero attached hydrogens (tertiary/aromatic N) is 1. The van der Waals surface area contributed by atoms with Crippen LogP contribution in [0.5, 0.6) is 0 Å². The van der Waals surface area contributed by atoms with Gasteiger partial charge in [-0.25, -0.2) is 4.39 Å². The van der Waals surface area contributed by atoms with Crippen LogP contribution in [0.4, 0.5) is 10.1 Å². The largest absolute Gasteiger partial charge is 0.327 e. The van der Waals surface area contributed by atoms with E-state index in [2.05, 4.69) is 5.32 Å². The Morgan fingerprint density at radius 2 is 2.28 bits per heavy atom. The Balaban J connectivity index is 1.87. The van der Waals surface area contributed by atoms with E-state index in [0.29, 0.717) is 0 Å². The Morgan fingerprint density at radius 1 is 1.50 bits per heavy atom. The first-order valence-electron chi connectivity index (χ1n) is 6.17. The Hall–Kier alpha value is -1.46. The second-order valence-electron chi connectivity index (χ2n) is 4.67. The number of rotatable bonds is 3. The molecule has 1 saturated heterocycles. The summed E-state index contributed by atoms with van der Waals surface area (Å²) in [4.78, 5) is 13.8. The summed E-state index contributed by atoms with van der Waals surface area (Å²) in [5.41, 5.74) is 6.07. The van der Waals surface area contributed by atoms with Crippen LogP contribution in [0.15, 0.2) is 24.3 Å². The van der Waals surface area contributed by atoms with E-state index in [1.165, 1.54) is 6.07 Å². The predicted octanol–water partition coefficient (Wildman–Crippen LogP) is 1.19. The highest BCUT2D eigenvalue weighted by molar-refractivity contribution is 5.92. The van der Waals surface area contributed by atoms with Crippen molar-refractivity contribution >= 4 is 11.6 Å². The number of nitrogens with two attached hydrogens (primary N) is 1. The molecule has 0 aromatic heterocycles. The average molecular weight is 251 g/mol. The molecule has 1 atom stereocenters. The highest BCUT2D eigenvalue weighted by atomic mass is 19.1. The molecule has 1 amide bonds. The van der Waals surface area contributed by atoms with Crippen molar-refractivity contribution < 1.29 is 9.18 Å². The van der Waals surface area contributed by atoms with Crippen LogP contribution in [-0.4, -0.2) is 36.5 Å². The van der Waals surface area contributed by atoms with Crippen molar-refractivity contribution in [3.8, 4) is 0 Å². The van der Waals surface area contributed by atoms with Gasteiger partial charge in [0.05, 0.1) is 12.2 Å². The number of halogens is 1. The summed E-state index contributed by atoms with van der Waals surface area (Å²) in [5, 5.41) is 2.58. The number of amides is 1. The number of likely N-dealkylation sites (tertiary alicyclic amines) is 1. The van der Waals surface area contributed by atoms with E-state index >= 15 is 0 Å². The van der Waals surface area contributed by atoms with E-state index in [-0.39, 0.29) is 24.2 Å². The Morgan fingerprint density at radius 3 is 3.00 bits per heavy atom. The molecular weight excluding hydrogens is 233 g/mol. The first-order chi connectivity index (χ1) is 8.65. The molecule has 0 unspecified atom stereocenters. The maximum absolute atomic E-state index is 13.3. The van der Waals surface area contributed by atoms with Crippen molar-refractivity contribution in [2.75, 3.05) is 25.0 Å². The summed E-state index contributed by atoms with van der Waals surface area (Å²) < 4.78 is 13.3. The van der Waals surface area contributed by atoms with Gasteiger partial charge in [-0.3, -0.25) is 9.69 Å². The normalized spacial score (nSPS) is 20.7. The molecule has 5 heteroatoms. The zero-order valence-electron chi connectivity index (χ0n) is 10.2. The predicted molar refractivity (Wildman–Crippen MR) is 68.7 cm³/mol. The highest BCUT2D eigenvalue weighted by Crippen LogP contribution is 2.13. The highest BCUT2D eigenvalue weighted by Gasteiger charge is 2.19. The van der Waals surface area contributed by atoms with Gasteiger partial charge in [0.2, 0.25) is 5.91 Å². The molecule has 4 nitrogen and oxygen atoms in total. The first-order valence-corrected chi connectivity index (χ1v) is 6.17. The number of benzene rings is 1. The molecule has 1 aromatic rings. The number of hydrogen-bond acceptors (Lipinski definition) is 3. The van der Waals surface area contributed by atoms with Crippen LogP contribution in [-0.2, 0) is 4.79 Å². The fraction of sp³-hybridized carbons (Fsp3) is 0.462. The molecule has 18 heavy (non-hydrogen) atoms. The maximum Gasteiger partial charge on any atom is 0.238 e. The van der Waals surface area contributed by atoms with Crippen molar-refractivity contribution in [2.45, 2.75) is 18.9 Å². The lowest BCUT2D eigenvalue weighted by Gasteiger charge is -2.29. The molecule has 2 rings (SSSR count). The van der Waals surface area contributed by atoms with Gasteiger partial charge in [-0.15, -0.1) is 0 Å². The molecule has 0 radical (unpaired) electrons. The van der Waals surface area contributed by atoms with Gasteiger partial charge >= 0.3 is 0 Å². The SMILES string of the molecule is N[C@@H]1CCCN(CC(=O)Nc2ccccc2F)C1. The lowest BCUT2D eigenvalue weighted by molar-refractivity contribution is -0.117. The van der Waals surface area contributed by atoms with Crippen molar-refractivity contribution in [1.82, 2.24) is 4.90 Å². The number of para-hydroxylation sites is 1. The third kappa shape index (κ3) is 3.51. The summed E-state index contributed by atoms with van der Waals surface area (Å²) in [6.07, 6.45) is 2.01. The number of hydrogen-bond donors (Lipinski definition) is 2. The van der Waals surface area contributed by atoms with Crippen LogP contribution in [0.25, 0.3) is 0 Å². The van der Waals surface area contributed by atoms with Gasteiger partial charge in [-0.2, -0.15) is 0 Å². The summed E-state index contributed by atoms with van der Waals surface area (Å²) in [6, 6.07) is 6.30. The Bertz CT molecular complexity index is 424. The van der Waals surface area contributed by atoms with E-state index in [1.807, 2.05) is 4.90 Å². The molecule has 0 spiro atoms. The number of carbonyl (C=O) groups is 1. The number of carbonyl (C=O) groups excluding carboxylic acids is 1. The van der Waals surface area contributed by atoms with E-state index in [9.17, 15) is 9.18 Å². The zero-order chi connectivity index (χ0) is 13.0. The molecule has 1 aliphatic heterocycles. The summed E-state index contributed by atoms with van der Waals surface area (Å²) in [6.45, 7) is 1.87. The van der Waals surface area contributed by atoms with Crippen LogP contribution < -0.4 is 11.1 Å². The fourth-order valence-electron chi connectivity index (χ4n) is 2.19. The van der Waals surface area contributed by atoms with Gasteiger partial charge < -0.3 is 11.1 Å². The monoisotopic (exact) mass is 251 g/mol. The van der Waals surface area contributed by atoms with Crippen LogP contribution in [0, 0.1) is 5.82 Å². The maximum atomic E-state index is 13.3. The van der Waals surface area contributed by atoms with Crippen molar-refractivity contribution in [1.29, 1.82) is 0 Å². The molecule has 3 N–H and O–H groups in total. The van der Waals surface area contributed by atoms with Gasteiger partial charge in [-0.1, -0.05) is 12.1 Å². The minimum atomic E-state index is -0.416. The van der Waals surface area contributed by atoms with Gasteiger partial charge in [0, 0.05) is 12.6 Å². The van der Waals surface area contributed by atoms with Crippen molar-refractivity contribution in [3.05, 3.63) is 30.1 Å². The lowest BCUT2D eigenvalue weighted by atomic mass is 10.1. The fourth-order valence-corrected chi connectivity index (χ4v) is 2.19. The summed E-state index contributed by atoms with van der Waals surface area (Å²) >= 11 is 0. The van der Waals surface area contributed by atoms with E-state index in [1.54, 1.807) is 18.2 Å². The van der Waals surface area contributed by atoms with Crippen molar-refractivity contribution in [3.63, 3.8) is 0 Å². The van der Waals surface area contributed by atoms with Gasteiger partial charge in [-0.05, 0) is 31.5 Å². The van der Waals surface area contributed by atoms with Crippen molar-refractivity contribution in [2.24, 2.45) is 5.73 Å². The molecule has 0 bridgehead atoms. The quantitative estimate of drug-likeness (QED) is 0.848. The average Bonchev–Trinajstić information content (AvgIpc) is 2.32. The van der Waals surface area contributed by atoms with Crippen LogP contribution in [0.3, 0.4) is 0 Å². The molecule has 98 valence electrons. The van der Waals surface area contributed by atoms with Gasteiger partial charge in [0.15, 0.2) is 0 Å². The number of anilines is 1. The minimum Gasteiger partial charge on any atom is -0.327 e. The molecule has 1 aliphatic rings. The van der Waals surface area contributed by atoms with Crippen LogP contribution in [0.2, 0.25) is 0 Å². The zero-order valence-corrected chi connectivity index (χ0v) is 10.2. The standard InChI is InChI=1S/C13H18FN3O/c14-11-5-1-2-6-12(11)16-13(18)9-17-7-3-4-10(15)8-17/h1-2,5-6,10H,3-4,7-9,15H2,(H,16,18)/t10-/m1/s1. The smallest absolute Gasteiger partial charge is 0.238 e. The topological polar surface area (TPSA) is 58.4 Å². The molecule has 0 aliphatic carbocycles. The van der Waals surface area contributed by atoms with Crippen LogP contribution >= 0.6 is 0 Å². The minimum absolute atomic E-state index is 0.139. The third-order valence-electron chi connectivity index (χ3n) is 3.06. The number of piperidine rings is 1. The van der Waals surface area contributed by atoms with Crippen LogP contribution in [0.1, 0.15) is 12.8 Å². The van der Waals surface area contributed by atoms with E-state index < -0.39 is 5.82 Å². The second kappa shape index (κ2) is 5.93. The number of nitrogens with one attached hydrogen (secondary N) is 1. The molecular formula is C13H18FN3O. The molecule has 1 heterocycles. The third-order valence-corrected chi connectivity index (χ3v) is 3.06. The molecule has 0 saturated carbocycles. The second-order valence-corrected chi connectivity index (χ2v) is 4.67. The Labute approximate surface area is 106 Å². The lowest BCUT2D eigenvalue weighted by Crippen LogP contribution is -2.45. The van der Waals surface area contributed by atoms with Gasteiger partial charge in [0.25, 0.3) is 0 Å². The van der Waals surface area contributed by atoms with Gasteiger partial charge in [0.1, 0.15) is 5.82 Å². The summed E-state index contributed by atoms with van der Waals surface area (Å²) in [5.74, 6) is -0.615.